The van der Waals surface area contributed by atoms with Crippen LogP contribution in [0.2, 0.25) is 0 Å². The van der Waals surface area contributed by atoms with Crippen LogP contribution < -0.4 is 40.0 Å². The van der Waals surface area contributed by atoms with Gasteiger partial charge in [0.1, 0.15) is 30.9 Å². The molecule has 2 atom stereocenters. The molecule has 2 heterocycles. The van der Waals surface area contributed by atoms with Crippen molar-refractivity contribution < 1.29 is 68.5 Å². The van der Waals surface area contributed by atoms with Gasteiger partial charge in [0.2, 0.25) is 0 Å². The summed E-state index contributed by atoms with van der Waals surface area (Å²) in [7, 11) is 1.24. The molecule has 2 N–H and O–H groups in total. The average Bonchev–Trinajstić information content (AvgIpc) is 2.73. The number of thioether (sulfide) groups is 1. The van der Waals surface area contributed by atoms with Gasteiger partial charge >= 0.3 is 35.5 Å². The first-order chi connectivity index (χ1) is 14.7. The van der Waals surface area contributed by atoms with Crippen molar-refractivity contribution in [3.05, 3.63) is 41.1 Å². The van der Waals surface area contributed by atoms with Gasteiger partial charge in [0.05, 0.1) is 11.7 Å². The number of carbonyl (C=O) groups excluding carboxylic acids is 4. The van der Waals surface area contributed by atoms with Gasteiger partial charge < -0.3 is 29.9 Å². The molecule has 3 rings (SSSR count). The molecule has 0 bridgehead atoms. The summed E-state index contributed by atoms with van der Waals surface area (Å²) in [5, 5.41) is 26.8. The Bertz CT molecular complexity index is 1010. The normalized spacial score (nSPS) is 19.9. The summed E-state index contributed by atoms with van der Waals surface area (Å²) >= 11 is 1.21. The standard InChI is InChI=1S/C19H19N3O8S.Na/c1-9(23)30-7-11-8-31-18-14(17(26)22(18)15(11)19(27)28)20-16(25)13(21-29-2)10-4-3-5-12(24)6-10;/h3-6,14,18,24H,7-8H2,1-2H3,(H,20,25)(H,27,28);/q;+1/p-1/t14-,18-;/m1./s1. The number of hydrogen-bond acceptors (Lipinski definition) is 10. The van der Waals surface area contributed by atoms with Crippen LogP contribution in [-0.2, 0) is 28.8 Å². The molecule has 1 fully saturated rings. The molecule has 0 saturated carbocycles. The van der Waals surface area contributed by atoms with Gasteiger partial charge in [0.25, 0.3) is 11.8 Å². The monoisotopic (exact) mass is 471 g/mol. The number of benzene rings is 1. The van der Waals surface area contributed by atoms with Crippen molar-refractivity contribution in [2.45, 2.75) is 18.3 Å². The summed E-state index contributed by atoms with van der Waals surface area (Å²) in [5.74, 6) is -3.48. The number of carboxylic acids is 1. The molecule has 13 heteroatoms. The van der Waals surface area contributed by atoms with Crippen LogP contribution in [0.25, 0.3) is 0 Å². The topological polar surface area (TPSA) is 158 Å². The summed E-state index contributed by atoms with van der Waals surface area (Å²) in [6.07, 6.45) is 0. The largest absolute Gasteiger partial charge is 1.00 e. The number of carbonyl (C=O) groups is 4. The van der Waals surface area contributed by atoms with Crippen molar-refractivity contribution >= 4 is 41.2 Å². The van der Waals surface area contributed by atoms with Gasteiger partial charge in [-0.25, -0.2) is 0 Å². The van der Waals surface area contributed by atoms with E-state index < -0.39 is 35.2 Å². The number of carboxylic acid groups (broad SMARTS) is 1. The third-order valence-electron chi connectivity index (χ3n) is 4.49. The minimum atomic E-state index is -1.58. The van der Waals surface area contributed by atoms with E-state index in [0.29, 0.717) is 0 Å². The fraction of sp³-hybridized carbons (Fsp3) is 0.316. The number of amides is 2. The van der Waals surface area contributed by atoms with Gasteiger partial charge in [-0.1, -0.05) is 17.3 Å². The smallest absolute Gasteiger partial charge is 0.543 e. The second-order valence-electron chi connectivity index (χ2n) is 6.55. The Kier molecular flexibility index (Phi) is 8.73. The van der Waals surface area contributed by atoms with E-state index in [0.717, 1.165) is 4.90 Å². The quantitative estimate of drug-likeness (QED) is 0.132. The van der Waals surface area contributed by atoms with E-state index in [4.69, 9.17) is 9.57 Å². The van der Waals surface area contributed by atoms with E-state index in [2.05, 4.69) is 10.5 Å². The molecule has 164 valence electrons. The molecule has 0 radical (unpaired) electrons. The number of fused-ring (bicyclic) bond motifs is 1. The number of rotatable bonds is 7. The van der Waals surface area contributed by atoms with E-state index in [1.165, 1.54) is 50.1 Å². The molecule has 0 spiro atoms. The third kappa shape index (κ3) is 5.26. The second-order valence-corrected chi connectivity index (χ2v) is 7.66. The summed E-state index contributed by atoms with van der Waals surface area (Å²) in [4.78, 5) is 53.8. The maximum Gasteiger partial charge on any atom is 1.00 e. The number of phenolic OH excluding ortho intramolecular Hbond substituents is 1. The van der Waals surface area contributed by atoms with Crippen molar-refractivity contribution in [1.29, 1.82) is 0 Å². The van der Waals surface area contributed by atoms with Gasteiger partial charge in [0.15, 0.2) is 5.71 Å². The van der Waals surface area contributed by atoms with Gasteiger partial charge in [-0.2, -0.15) is 0 Å². The Morgan fingerprint density at radius 2 is 2.09 bits per heavy atom. The Hall–Kier alpha value is -2.54. The van der Waals surface area contributed by atoms with E-state index in [9.17, 15) is 29.4 Å². The van der Waals surface area contributed by atoms with Gasteiger partial charge in [0, 0.05) is 23.8 Å². The van der Waals surface area contributed by atoms with Crippen LogP contribution in [-0.4, -0.2) is 70.4 Å². The fourth-order valence-electron chi connectivity index (χ4n) is 3.15. The van der Waals surface area contributed by atoms with Crippen LogP contribution in [0.3, 0.4) is 0 Å². The zero-order valence-corrected chi connectivity index (χ0v) is 20.3. The van der Waals surface area contributed by atoms with Crippen LogP contribution in [0.4, 0.5) is 0 Å². The first-order valence-electron chi connectivity index (χ1n) is 8.97. The number of esters is 1. The van der Waals surface area contributed by atoms with Crippen molar-refractivity contribution in [1.82, 2.24) is 10.2 Å². The van der Waals surface area contributed by atoms with Crippen LogP contribution in [0, 0.1) is 0 Å². The van der Waals surface area contributed by atoms with E-state index in [1.54, 1.807) is 0 Å². The summed E-state index contributed by atoms with van der Waals surface area (Å²) in [5.41, 5.74) is -0.0369. The fourth-order valence-corrected chi connectivity index (χ4v) is 4.48. The molecule has 1 saturated heterocycles. The number of ether oxygens (including phenoxy) is 1. The van der Waals surface area contributed by atoms with Crippen LogP contribution in [0.15, 0.2) is 40.7 Å². The predicted octanol–water partition coefficient (Wildman–Crippen LogP) is -4.29. The molecule has 32 heavy (non-hydrogen) atoms. The van der Waals surface area contributed by atoms with Crippen molar-refractivity contribution in [2.75, 3.05) is 19.5 Å². The second kappa shape index (κ2) is 10.9. The van der Waals surface area contributed by atoms with Crippen LogP contribution >= 0.6 is 11.8 Å². The minimum absolute atomic E-state index is 0. The van der Waals surface area contributed by atoms with Gasteiger partial charge in [-0.15, -0.1) is 11.8 Å². The number of aromatic hydroxyl groups is 1. The zero-order chi connectivity index (χ0) is 22.7. The van der Waals surface area contributed by atoms with Crippen LogP contribution in [0.5, 0.6) is 5.75 Å². The number of β-lactam (4-membered cyclic amide) rings is 1. The number of phenols is 1. The van der Waals surface area contributed by atoms with Crippen molar-refractivity contribution in [3.63, 3.8) is 0 Å². The molecule has 0 unspecified atom stereocenters. The number of hydrogen-bond donors (Lipinski definition) is 2. The molecular weight excluding hydrogens is 453 g/mol. The summed E-state index contributed by atoms with van der Waals surface area (Å²) in [6, 6.07) is 4.75. The zero-order valence-electron chi connectivity index (χ0n) is 17.5. The molecule has 0 aromatic heterocycles. The predicted molar refractivity (Wildman–Crippen MR) is 105 cm³/mol. The molecule has 0 aliphatic carbocycles. The molecule has 2 aliphatic rings. The van der Waals surface area contributed by atoms with Gasteiger partial charge in [-0.05, 0) is 12.1 Å². The van der Waals surface area contributed by atoms with E-state index in [-0.39, 0.29) is 70.2 Å². The Balaban J connectivity index is 0.00000363. The molecule has 2 aliphatic heterocycles. The Labute approximate surface area is 209 Å². The molecule has 1 aromatic carbocycles. The summed E-state index contributed by atoms with van der Waals surface area (Å²) in [6.45, 7) is 0.908. The maximum absolute atomic E-state index is 12.7. The Morgan fingerprint density at radius 1 is 1.38 bits per heavy atom. The minimum Gasteiger partial charge on any atom is -0.543 e. The van der Waals surface area contributed by atoms with Crippen LogP contribution in [0.1, 0.15) is 12.5 Å². The molecule has 2 amide bonds. The SMILES string of the molecule is CON=C(C(=O)N[C@@H]1C(=O)N2C(C(=O)[O-])=C(COC(C)=O)CS[C@H]12)c1cccc(O)c1.[Na+]. The maximum atomic E-state index is 12.7. The average molecular weight is 471 g/mol. The third-order valence-corrected chi connectivity index (χ3v) is 5.83. The number of aliphatic carboxylic acids is 1. The summed E-state index contributed by atoms with van der Waals surface area (Å²) < 4.78 is 4.85. The number of nitrogens with zero attached hydrogens (tertiary/aromatic N) is 2. The Morgan fingerprint density at radius 3 is 2.69 bits per heavy atom. The van der Waals surface area contributed by atoms with Crippen molar-refractivity contribution in [2.24, 2.45) is 5.16 Å². The first kappa shape index (κ1) is 25.7. The van der Waals surface area contributed by atoms with Gasteiger partial charge in [-0.3, -0.25) is 19.3 Å². The first-order valence-corrected chi connectivity index (χ1v) is 10.0. The number of oxime groups is 1. The molecule has 1 aromatic rings. The molecule has 11 nitrogen and oxygen atoms in total. The molecular formula is C19H18N3NaO8S. The van der Waals surface area contributed by atoms with E-state index in [1.807, 2.05) is 0 Å². The number of nitrogens with one attached hydrogen (secondary N) is 1. The van der Waals surface area contributed by atoms with Crippen molar-refractivity contribution in [3.8, 4) is 5.75 Å². The van der Waals surface area contributed by atoms with E-state index >= 15 is 0 Å².